The van der Waals surface area contributed by atoms with Crippen molar-refractivity contribution in [1.82, 2.24) is 5.32 Å². The SMILES string of the molecule is CC(C)C(=O)C(NC(=O)C1(C#N)CC1)C(C)(C)C. The highest BCUT2D eigenvalue weighted by Gasteiger charge is 2.52. The van der Waals surface area contributed by atoms with Crippen LogP contribution in [0, 0.1) is 28.1 Å². The fraction of sp³-hybridized carbons (Fsp3) is 0.786. The van der Waals surface area contributed by atoms with Crippen LogP contribution in [0.5, 0.6) is 0 Å². The normalized spacial score (nSPS) is 18.9. The summed E-state index contributed by atoms with van der Waals surface area (Å²) >= 11 is 0. The monoisotopic (exact) mass is 250 g/mol. The molecule has 1 amide bonds. The fourth-order valence-corrected chi connectivity index (χ4v) is 1.83. The van der Waals surface area contributed by atoms with Crippen LogP contribution in [0.15, 0.2) is 0 Å². The Morgan fingerprint density at radius 2 is 1.78 bits per heavy atom. The third-order valence-electron chi connectivity index (χ3n) is 3.39. The molecule has 1 N–H and O–H groups in total. The van der Waals surface area contributed by atoms with Crippen molar-refractivity contribution < 1.29 is 9.59 Å². The Kier molecular flexibility index (Phi) is 3.85. The van der Waals surface area contributed by atoms with Crippen molar-refractivity contribution in [2.24, 2.45) is 16.7 Å². The molecule has 1 aliphatic rings. The van der Waals surface area contributed by atoms with Crippen molar-refractivity contribution in [3.63, 3.8) is 0 Å². The first kappa shape index (κ1) is 14.7. The molecular weight excluding hydrogens is 228 g/mol. The average molecular weight is 250 g/mol. The Morgan fingerprint density at radius 3 is 2.06 bits per heavy atom. The minimum Gasteiger partial charge on any atom is -0.344 e. The van der Waals surface area contributed by atoms with Crippen LogP contribution in [0.2, 0.25) is 0 Å². The predicted molar refractivity (Wildman–Crippen MR) is 68.5 cm³/mol. The van der Waals surface area contributed by atoms with Crippen LogP contribution in [0.1, 0.15) is 47.5 Å². The molecule has 0 saturated heterocycles. The van der Waals surface area contributed by atoms with E-state index in [-0.39, 0.29) is 23.0 Å². The second-order valence-electron chi connectivity index (χ2n) is 6.52. The first-order valence-electron chi connectivity index (χ1n) is 6.40. The highest BCUT2D eigenvalue weighted by atomic mass is 16.2. The summed E-state index contributed by atoms with van der Waals surface area (Å²) in [5, 5.41) is 11.8. The van der Waals surface area contributed by atoms with Gasteiger partial charge in [0, 0.05) is 5.92 Å². The van der Waals surface area contributed by atoms with E-state index >= 15 is 0 Å². The second kappa shape index (κ2) is 4.72. The molecule has 0 aliphatic heterocycles. The number of nitriles is 1. The molecule has 0 aromatic carbocycles. The molecule has 1 fully saturated rings. The van der Waals surface area contributed by atoms with Crippen LogP contribution in [-0.2, 0) is 9.59 Å². The van der Waals surface area contributed by atoms with Crippen molar-refractivity contribution >= 4 is 11.7 Å². The number of nitrogens with zero attached hydrogens (tertiary/aromatic N) is 1. The van der Waals surface area contributed by atoms with Gasteiger partial charge in [-0.1, -0.05) is 34.6 Å². The van der Waals surface area contributed by atoms with Crippen LogP contribution in [-0.4, -0.2) is 17.7 Å². The topological polar surface area (TPSA) is 70.0 Å². The van der Waals surface area contributed by atoms with Crippen LogP contribution in [0.4, 0.5) is 0 Å². The number of nitrogens with one attached hydrogen (secondary N) is 1. The van der Waals surface area contributed by atoms with Crippen LogP contribution in [0.3, 0.4) is 0 Å². The summed E-state index contributed by atoms with van der Waals surface area (Å²) in [5.74, 6) is -0.407. The molecule has 1 atom stereocenters. The van der Waals surface area contributed by atoms with E-state index in [1.165, 1.54) is 0 Å². The molecule has 0 spiro atoms. The lowest BCUT2D eigenvalue weighted by Gasteiger charge is -2.32. The first-order valence-corrected chi connectivity index (χ1v) is 6.40. The molecule has 0 heterocycles. The summed E-state index contributed by atoms with van der Waals surface area (Å²) in [7, 11) is 0. The van der Waals surface area contributed by atoms with Gasteiger partial charge in [0.2, 0.25) is 5.91 Å². The molecular formula is C14H22N2O2. The molecule has 4 nitrogen and oxygen atoms in total. The Morgan fingerprint density at radius 1 is 1.28 bits per heavy atom. The van der Waals surface area contributed by atoms with E-state index in [4.69, 9.17) is 5.26 Å². The molecule has 0 aromatic heterocycles. The molecule has 1 aliphatic carbocycles. The van der Waals surface area contributed by atoms with E-state index < -0.39 is 11.5 Å². The zero-order chi connectivity index (χ0) is 14.1. The Bertz CT molecular complexity index is 395. The van der Waals surface area contributed by atoms with Gasteiger partial charge in [-0.2, -0.15) is 5.26 Å². The largest absolute Gasteiger partial charge is 0.344 e. The minimum absolute atomic E-state index is 0.0181. The minimum atomic E-state index is -0.874. The van der Waals surface area contributed by atoms with Crippen molar-refractivity contribution in [2.45, 2.75) is 53.5 Å². The number of hydrogen-bond donors (Lipinski definition) is 1. The molecule has 100 valence electrons. The summed E-state index contributed by atoms with van der Waals surface area (Å²) < 4.78 is 0. The molecule has 0 radical (unpaired) electrons. The summed E-state index contributed by atoms with van der Waals surface area (Å²) in [6.45, 7) is 9.41. The van der Waals surface area contributed by atoms with Crippen LogP contribution >= 0.6 is 0 Å². The molecule has 1 saturated carbocycles. The van der Waals surface area contributed by atoms with Gasteiger partial charge >= 0.3 is 0 Å². The van der Waals surface area contributed by atoms with Gasteiger partial charge in [0.15, 0.2) is 5.78 Å². The number of hydrogen-bond acceptors (Lipinski definition) is 3. The van der Waals surface area contributed by atoms with E-state index in [9.17, 15) is 9.59 Å². The maximum absolute atomic E-state index is 12.2. The number of carbonyl (C=O) groups excluding carboxylic acids is 2. The van der Waals surface area contributed by atoms with E-state index in [2.05, 4.69) is 11.4 Å². The van der Waals surface area contributed by atoms with Gasteiger partial charge in [-0.3, -0.25) is 9.59 Å². The number of ketones is 1. The fourth-order valence-electron chi connectivity index (χ4n) is 1.83. The van der Waals surface area contributed by atoms with Crippen molar-refractivity contribution in [3.8, 4) is 6.07 Å². The number of rotatable bonds is 4. The standard InChI is InChI=1S/C14H22N2O2/c1-9(2)10(17)11(13(3,4)5)16-12(18)14(8-15)6-7-14/h9,11H,6-7H2,1-5H3,(H,16,18). The predicted octanol–water partition coefficient (Wildman–Crippen LogP) is 2.05. The number of carbonyl (C=O) groups is 2. The zero-order valence-electron chi connectivity index (χ0n) is 11.8. The summed E-state index contributed by atoms with van der Waals surface area (Å²) in [6.07, 6.45) is 1.20. The van der Waals surface area contributed by atoms with Crippen molar-refractivity contribution in [3.05, 3.63) is 0 Å². The smallest absolute Gasteiger partial charge is 0.241 e. The highest BCUT2D eigenvalue weighted by Crippen LogP contribution is 2.45. The van der Waals surface area contributed by atoms with E-state index in [0.29, 0.717) is 12.8 Å². The maximum atomic E-state index is 12.2. The van der Waals surface area contributed by atoms with E-state index in [1.807, 2.05) is 34.6 Å². The number of Topliss-reactive ketones (excluding diaryl/α,β-unsaturated/α-hetero) is 1. The first-order chi connectivity index (χ1) is 8.14. The lowest BCUT2D eigenvalue weighted by atomic mass is 9.80. The molecule has 18 heavy (non-hydrogen) atoms. The molecule has 1 unspecified atom stereocenters. The van der Waals surface area contributed by atoms with E-state index in [1.54, 1.807) is 0 Å². The Labute approximate surface area is 109 Å². The highest BCUT2D eigenvalue weighted by molar-refractivity contribution is 5.94. The molecule has 0 bridgehead atoms. The van der Waals surface area contributed by atoms with Gasteiger partial charge in [0.05, 0.1) is 12.1 Å². The lowest BCUT2D eigenvalue weighted by molar-refractivity contribution is -0.133. The Hall–Kier alpha value is -1.37. The quantitative estimate of drug-likeness (QED) is 0.830. The third-order valence-corrected chi connectivity index (χ3v) is 3.39. The van der Waals surface area contributed by atoms with Gasteiger partial charge in [-0.05, 0) is 18.3 Å². The van der Waals surface area contributed by atoms with Gasteiger partial charge < -0.3 is 5.32 Å². The lowest BCUT2D eigenvalue weighted by Crippen LogP contribution is -2.52. The van der Waals surface area contributed by atoms with Gasteiger partial charge in [-0.15, -0.1) is 0 Å². The summed E-state index contributed by atoms with van der Waals surface area (Å²) in [4.78, 5) is 24.2. The summed E-state index contributed by atoms with van der Waals surface area (Å²) in [6, 6.07) is 1.52. The molecule has 4 heteroatoms. The molecule has 0 aromatic rings. The average Bonchev–Trinajstić information content (AvgIpc) is 3.03. The summed E-state index contributed by atoms with van der Waals surface area (Å²) in [5.41, 5.74) is -1.22. The third kappa shape index (κ3) is 2.90. The van der Waals surface area contributed by atoms with Crippen molar-refractivity contribution in [1.29, 1.82) is 5.26 Å². The van der Waals surface area contributed by atoms with Crippen LogP contribution in [0.25, 0.3) is 0 Å². The van der Waals surface area contributed by atoms with E-state index in [0.717, 1.165) is 0 Å². The second-order valence-corrected chi connectivity index (χ2v) is 6.52. The number of amides is 1. The van der Waals surface area contributed by atoms with Gasteiger partial charge in [0.25, 0.3) is 0 Å². The van der Waals surface area contributed by atoms with Crippen molar-refractivity contribution in [2.75, 3.05) is 0 Å². The Balaban J connectivity index is 2.85. The van der Waals surface area contributed by atoms with Gasteiger partial charge in [-0.25, -0.2) is 0 Å². The van der Waals surface area contributed by atoms with Crippen LogP contribution < -0.4 is 5.32 Å². The maximum Gasteiger partial charge on any atom is 0.241 e. The van der Waals surface area contributed by atoms with Gasteiger partial charge in [0.1, 0.15) is 5.41 Å². The molecule has 1 rings (SSSR count). The zero-order valence-corrected chi connectivity index (χ0v) is 11.8.